The number of aryl methyl sites for hydroxylation is 1. The summed E-state index contributed by atoms with van der Waals surface area (Å²) in [5, 5.41) is 6.31. The average Bonchev–Trinajstić information content (AvgIpc) is 2.89. The van der Waals surface area contributed by atoms with E-state index in [9.17, 15) is 9.59 Å². The first-order valence-electron chi connectivity index (χ1n) is 12.9. The first-order valence-corrected chi connectivity index (χ1v) is 13.3. The number of halogens is 1. The lowest BCUT2D eigenvalue weighted by atomic mass is 9.86. The number of methoxy groups -OCH3 is 1. The number of urea groups is 1. The van der Waals surface area contributed by atoms with Crippen molar-refractivity contribution in [3.63, 3.8) is 0 Å². The van der Waals surface area contributed by atoms with E-state index in [1.54, 1.807) is 0 Å². The normalized spacial score (nSPS) is 21.9. The highest BCUT2D eigenvalue weighted by Crippen LogP contribution is 2.35. The van der Waals surface area contributed by atoms with E-state index in [4.69, 9.17) is 26.8 Å². The van der Waals surface area contributed by atoms with Gasteiger partial charge < -0.3 is 35.5 Å². The molecule has 3 amide bonds. The van der Waals surface area contributed by atoms with Crippen molar-refractivity contribution in [2.45, 2.75) is 51.2 Å². The van der Waals surface area contributed by atoms with Crippen molar-refractivity contribution in [2.75, 3.05) is 53.1 Å². The van der Waals surface area contributed by atoms with Gasteiger partial charge in [-0.1, -0.05) is 17.7 Å². The molecule has 0 unspecified atom stereocenters. The van der Waals surface area contributed by atoms with Crippen LogP contribution in [0.3, 0.4) is 0 Å². The highest BCUT2D eigenvalue weighted by atomic mass is 35.5. The quantitative estimate of drug-likeness (QED) is 0.403. The number of piperidine rings is 1. The highest BCUT2D eigenvalue weighted by Gasteiger charge is 2.32. The summed E-state index contributed by atoms with van der Waals surface area (Å²) in [6, 6.07) is 5.59. The molecule has 202 valence electrons. The first kappa shape index (κ1) is 28.5. The standard InChI is InChI=1S/C26H41ClN4O5/c1-18-7-8-21(27)14-23(18)24(36-12-9-29-26(33)34-2)20-6-3-10-31(16-20)25(32)30-15-22(28)13-19-5-4-11-35-17-19/h7-8,14,19-20,22,24H,3-6,9-13,15-17,28H2,1-2H3,(H,29,33)(H,30,32)/t19-,20-,22+,24-/m1/s1. The topological polar surface area (TPSA) is 115 Å². The van der Waals surface area contributed by atoms with Crippen LogP contribution in [0.5, 0.6) is 0 Å². The van der Waals surface area contributed by atoms with Crippen molar-refractivity contribution in [1.29, 1.82) is 0 Å². The second kappa shape index (κ2) is 14.6. The van der Waals surface area contributed by atoms with Crippen molar-refractivity contribution in [3.8, 4) is 0 Å². The molecule has 10 heteroatoms. The average molecular weight is 525 g/mol. The van der Waals surface area contributed by atoms with Crippen LogP contribution in [0.4, 0.5) is 9.59 Å². The molecule has 1 aromatic carbocycles. The second-order valence-electron chi connectivity index (χ2n) is 9.82. The molecule has 0 aliphatic carbocycles. The third-order valence-corrected chi connectivity index (χ3v) is 7.22. The van der Waals surface area contributed by atoms with Crippen molar-refractivity contribution in [3.05, 3.63) is 34.3 Å². The van der Waals surface area contributed by atoms with Crippen molar-refractivity contribution < 1.29 is 23.8 Å². The lowest BCUT2D eigenvalue weighted by Gasteiger charge is -2.37. The fourth-order valence-electron chi connectivity index (χ4n) is 5.09. The third-order valence-electron chi connectivity index (χ3n) is 6.98. The van der Waals surface area contributed by atoms with Crippen LogP contribution in [0.25, 0.3) is 0 Å². The van der Waals surface area contributed by atoms with Crippen molar-refractivity contribution in [2.24, 2.45) is 17.6 Å². The molecule has 2 fully saturated rings. The van der Waals surface area contributed by atoms with Gasteiger partial charge in [-0.05, 0) is 68.2 Å². The molecule has 2 heterocycles. The third kappa shape index (κ3) is 8.80. The first-order chi connectivity index (χ1) is 17.4. The van der Waals surface area contributed by atoms with Crippen LogP contribution in [0.2, 0.25) is 5.02 Å². The lowest BCUT2D eigenvalue weighted by molar-refractivity contribution is -0.00884. The summed E-state index contributed by atoms with van der Waals surface area (Å²) in [6.07, 6.45) is 4.11. The molecular weight excluding hydrogens is 484 g/mol. The Balaban J connectivity index is 1.58. The number of alkyl carbamates (subject to hydrolysis) is 1. The van der Waals surface area contributed by atoms with E-state index >= 15 is 0 Å². The number of carbonyl (C=O) groups is 2. The molecular formula is C26H41ClN4O5. The van der Waals surface area contributed by atoms with Crippen LogP contribution in [0.15, 0.2) is 18.2 Å². The van der Waals surface area contributed by atoms with E-state index in [1.165, 1.54) is 7.11 Å². The van der Waals surface area contributed by atoms with Crippen molar-refractivity contribution in [1.82, 2.24) is 15.5 Å². The van der Waals surface area contributed by atoms with E-state index in [2.05, 4.69) is 15.4 Å². The number of nitrogens with zero attached hydrogens (tertiary/aromatic N) is 1. The molecule has 4 N–H and O–H groups in total. The van der Waals surface area contributed by atoms with Gasteiger partial charge in [0.1, 0.15) is 0 Å². The molecule has 0 aromatic heterocycles. The Morgan fingerprint density at radius 2 is 2.11 bits per heavy atom. The monoisotopic (exact) mass is 524 g/mol. The largest absolute Gasteiger partial charge is 0.453 e. The number of benzene rings is 1. The number of carbonyl (C=O) groups excluding carboxylic acids is 2. The number of hydrogen-bond acceptors (Lipinski definition) is 6. The highest BCUT2D eigenvalue weighted by molar-refractivity contribution is 6.30. The SMILES string of the molecule is COC(=O)NCCO[C@@H](c1cc(Cl)ccc1C)[C@@H]1CCCN(C(=O)NC[C@@H](N)C[C@H]2CCCOC2)C1. The van der Waals surface area contributed by atoms with Gasteiger partial charge >= 0.3 is 12.1 Å². The van der Waals surface area contributed by atoms with Gasteiger partial charge in [0.05, 0.1) is 19.8 Å². The zero-order chi connectivity index (χ0) is 25.9. The Hall–Kier alpha value is -2.07. The summed E-state index contributed by atoms with van der Waals surface area (Å²) >= 11 is 6.32. The van der Waals surface area contributed by atoms with Gasteiger partial charge in [0.2, 0.25) is 0 Å². The molecule has 1 aromatic rings. The Bertz CT molecular complexity index is 852. The molecule has 3 rings (SSSR count). The van der Waals surface area contributed by atoms with Crippen LogP contribution < -0.4 is 16.4 Å². The molecule has 0 radical (unpaired) electrons. The smallest absolute Gasteiger partial charge is 0.406 e. The minimum Gasteiger partial charge on any atom is -0.453 e. The van der Waals surface area contributed by atoms with Gasteiger partial charge in [0, 0.05) is 56.4 Å². The Labute approximate surface area is 219 Å². The van der Waals surface area contributed by atoms with E-state index in [-0.39, 0.29) is 24.1 Å². The molecule has 2 aliphatic rings. The van der Waals surface area contributed by atoms with Crippen LogP contribution >= 0.6 is 11.6 Å². The van der Waals surface area contributed by atoms with Gasteiger partial charge in [-0.25, -0.2) is 9.59 Å². The summed E-state index contributed by atoms with van der Waals surface area (Å²) < 4.78 is 16.5. The van der Waals surface area contributed by atoms with Crippen molar-refractivity contribution >= 4 is 23.7 Å². The van der Waals surface area contributed by atoms with Gasteiger partial charge in [-0.2, -0.15) is 0 Å². The van der Waals surface area contributed by atoms with E-state index in [0.29, 0.717) is 43.7 Å². The summed E-state index contributed by atoms with van der Waals surface area (Å²) in [5.74, 6) is 0.561. The van der Waals surface area contributed by atoms with Crippen LogP contribution in [0, 0.1) is 18.8 Å². The summed E-state index contributed by atoms with van der Waals surface area (Å²) in [4.78, 5) is 26.2. The second-order valence-corrected chi connectivity index (χ2v) is 10.3. The lowest BCUT2D eigenvalue weighted by Crippen LogP contribution is -2.49. The minimum absolute atomic E-state index is 0.0891. The number of hydrogen-bond donors (Lipinski definition) is 3. The maximum absolute atomic E-state index is 13.0. The summed E-state index contributed by atoms with van der Waals surface area (Å²) in [5.41, 5.74) is 8.38. The Morgan fingerprint density at radius 3 is 2.86 bits per heavy atom. The van der Waals surface area contributed by atoms with Gasteiger partial charge in [-0.3, -0.25) is 0 Å². The molecule has 9 nitrogen and oxygen atoms in total. The van der Waals surface area contributed by atoms with Crippen LogP contribution in [-0.4, -0.2) is 76.2 Å². The maximum Gasteiger partial charge on any atom is 0.406 e. The molecule has 0 bridgehead atoms. The van der Waals surface area contributed by atoms with E-state index < -0.39 is 6.09 Å². The maximum atomic E-state index is 13.0. The molecule has 2 aliphatic heterocycles. The predicted molar refractivity (Wildman–Crippen MR) is 139 cm³/mol. The van der Waals surface area contributed by atoms with Gasteiger partial charge in [0.25, 0.3) is 0 Å². The van der Waals surface area contributed by atoms with Crippen LogP contribution in [0.1, 0.15) is 49.3 Å². The number of ether oxygens (including phenoxy) is 3. The van der Waals surface area contributed by atoms with Gasteiger partial charge in [-0.15, -0.1) is 0 Å². The minimum atomic E-state index is -0.496. The number of nitrogens with two attached hydrogens (primary N) is 1. The fraction of sp³-hybridized carbons (Fsp3) is 0.692. The number of amides is 3. The predicted octanol–water partition coefficient (Wildman–Crippen LogP) is 3.63. The van der Waals surface area contributed by atoms with Gasteiger partial charge in [0.15, 0.2) is 0 Å². The molecule has 4 atom stereocenters. The Kier molecular flexibility index (Phi) is 11.6. The molecule has 0 saturated carbocycles. The van der Waals surface area contributed by atoms with E-state index in [0.717, 1.165) is 56.4 Å². The number of rotatable bonds is 10. The molecule has 36 heavy (non-hydrogen) atoms. The van der Waals surface area contributed by atoms with Crippen LogP contribution in [-0.2, 0) is 14.2 Å². The summed E-state index contributed by atoms with van der Waals surface area (Å²) in [6.45, 7) is 5.97. The van der Waals surface area contributed by atoms with E-state index in [1.807, 2.05) is 30.0 Å². The Morgan fingerprint density at radius 1 is 1.28 bits per heavy atom. The summed E-state index contributed by atoms with van der Waals surface area (Å²) in [7, 11) is 1.33. The fourth-order valence-corrected chi connectivity index (χ4v) is 5.27. The molecule has 2 saturated heterocycles. The number of likely N-dealkylation sites (tertiary alicyclic amines) is 1. The zero-order valence-electron chi connectivity index (χ0n) is 21.5. The molecule has 0 spiro atoms. The zero-order valence-corrected chi connectivity index (χ0v) is 22.2. The number of nitrogens with one attached hydrogen (secondary N) is 2.